The van der Waals surface area contributed by atoms with Crippen molar-refractivity contribution in [2.45, 2.75) is 18.2 Å². The first kappa shape index (κ1) is 14.9. The molecular formula is C14H16N2O2S2. The molecule has 0 aliphatic carbocycles. The largest absolute Gasteiger partial charge is 0.478 e. The Hall–Kier alpha value is -1.53. The Morgan fingerprint density at radius 2 is 2.30 bits per heavy atom. The van der Waals surface area contributed by atoms with E-state index in [1.807, 2.05) is 30.7 Å². The van der Waals surface area contributed by atoms with Crippen molar-refractivity contribution in [3.05, 3.63) is 39.8 Å². The number of aromatic nitrogens is 1. The molecule has 1 heterocycles. The summed E-state index contributed by atoms with van der Waals surface area (Å²) in [6.45, 7) is 2.65. The molecule has 0 fully saturated rings. The highest BCUT2D eigenvalue weighted by Crippen LogP contribution is 2.27. The van der Waals surface area contributed by atoms with E-state index in [1.165, 1.54) is 11.8 Å². The van der Waals surface area contributed by atoms with E-state index < -0.39 is 5.97 Å². The van der Waals surface area contributed by atoms with Crippen LogP contribution in [0.3, 0.4) is 0 Å². The van der Waals surface area contributed by atoms with E-state index >= 15 is 0 Å². The third-order valence-electron chi connectivity index (χ3n) is 2.82. The van der Waals surface area contributed by atoms with Crippen LogP contribution in [-0.2, 0) is 6.42 Å². The minimum Gasteiger partial charge on any atom is -0.478 e. The molecule has 0 radical (unpaired) electrons. The highest BCUT2D eigenvalue weighted by Gasteiger charge is 2.14. The van der Waals surface area contributed by atoms with Crippen LogP contribution in [0.1, 0.15) is 21.1 Å². The lowest BCUT2D eigenvalue weighted by Gasteiger charge is -2.11. The average molecular weight is 308 g/mol. The number of anilines is 1. The molecule has 0 saturated carbocycles. The summed E-state index contributed by atoms with van der Waals surface area (Å²) < 4.78 is 0. The van der Waals surface area contributed by atoms with Crippen molar-refractivity contribution >= 4 is 34.8 Å². The van der Waals surface area contributed by atoms with Crippen LogP contribution in [0.25, 0.3) is 0 Å². The van der Waals surface area contributed by atoms with E-state index in [1.54, 1.807) is 17.4 Å². The van der Waals surface area contributed by atoms with Gasteiger partial charge in [0.05, 0.1) is 16.3 Å². The predicted octanol–water partition coefficient (Wildman–Crippen LogP) is 3.53. The lowest BCUT2D eigenvalue weighted by atomic mass is 10.1. The predicted molar refractivity (Wildman–Crippen MR) is 84.2 cm³/mol. The minimum absolute atomic E-state index is 0.342. The second-order valence-electron chi connectivity index (χ2n) is 4.22. The average Bonchev–Trinajstić information content (AvgIpc) is 2.83. The minimum atomic E-state index is -0.901. The van der Waals surface area contributed by atoms with Crippen LogP contribution >= 0.6 is 23.1 Å². The summed E-state index contributed by atoms with van der Waals surface area (Å²) in [5.74, 6) is -0.901. The zero-order valence-electron chi connectivity index (χ0n) is 11.3. The summed E-state index contributed by atoms with van der Waals surface area (Å²) in [7, 11) is 0. The van der Waals surface area contributed by atoms with Crippen molar-refractivity contribution < 1.29 is 9.90 Å². The van der Waals surface area contributed by atoms with Gasteiger partial charge in [0, 0.05) is 28.9 Å². The topological polar surface area (TPSA) is 62.2 Å². The highest BCUT2D eigenvalue weighted by molar-refractivity contribution is 7.98. The number of rotatable bonds is 6. The lowest BCUT2D eigenvalue weighted by molar-refractivity contribution is 0.0694. The maximum absolute atomic E-state index is 11.4. The van der Waals surface area contributed by atoms with Gasteiger partial charge in [0.15, 0.2) is 0 Å². The number of hydrogen-bond acceptors (Lipinski definition) is 5. The van der Waals surface area contributed by atoms with Gasteiger partial charge in [0.2, 0.25) is 0 Å². The van der Waals surface area contributed by atoms with Crippen LogP contribution in [0, 0.1) is 6.92 Å². The van der Waals surface area contributed by atoms with Gasteiger partial charge >= 0.3 is 5.97 Å². The molecule has 0 amide bonds. The second-order valence-corrected chi connectivity index (χ2v) is 6.13. The Morgan fingerprint density at radius 3 is 2.90 bits per heavy atom. The van der Waals surface area contributed by atoms with E-state index in [0.717, 1.165) is 22.0 Å². The Bertz CT molecular complexity index is 611. The van der Waals surface area contributed by atoms with Crippen LogP contribution in [0.4, 0.5) is 5.69 Å². The maximum atomic E-state index is 11.4. The number of thiazole rings is 1. The van der Waals surface area contributed by atoms with Crippen LogP contribution in [0.2, 0.25) is 0 Å². The van der Waals surface area contributed by atoms with Gasteiger partial charge in [0.1, 0.15) is 0 Å². The summed E-state index contributed by atoms with van der Waals surface area (Å²) in [5.41, 5.74) is 2.05. The molecule has 20 heavy (non-hydrogen) atoms. The molecule has 0 aliphatic heterocycles. The van der Waals surface area contributed by atoms with E-state index in [0.29, 0.717) is 17.8 Å². The fraction of sp³-hybridized carbons (Fsp3) is 0.286. The Balaban J connectivity index is 2.07. The third-order valence-corrected chi connectivity index (χ3v) is 4.43. The number of benzene rings is 1. The Kier molecular flexibility index (Phi) is 5.03. The number of thioether (sulfide) groups is 1. The van der Waals surface area contributed by atoms with Gasteiger partial charge in [-0.1, -0.05) is 6.07 Å². The van der Waals surface area contributed by atoms with E-state index in [9.17, 15) is 9.90 Å². The molecule has 4 nitrogen and oxygen atoms in total. The highest BCUT2D eigenvalue weighted by atomic mass is 32.2. The molecule has 1 aromatic heterocycles. The number of carbonyl (C=O) groups is 1. The molecule has 0 bridgehead atoms. The van der Waals surface area contributed by atoms with E-state index in [2.05, 4.69) is 10.3 Å². The molecule has 6 heteroatoms. The zero-order valence-corrected chi connectivity index (χ0v) is 13.0. The van der Waals surface area contributed by atoms with E-state index in [4.69, 9.17) is 0 Å². The number of carboxylic acid groups (broad SMARTS) is 1. The molecule has 2 rings (SSSR count). The maximum Gasteiger partial charge on any atom is 0.338 e. The molecule has 2 N–H and O–H groups in total. The van der Waals surface area contributed by atoms with Crippen LogP contribution < -0.4 is 5.32 Å². The van der Waals surface area contributed by atoms with Crippen molar-refractivity contribution in [2.75, 3.05) is 18.1 Å². The number of aromatic carboxylic acids is 1. The van der Waals surface area contributed by atoms with Crippen LogP contribution in [0.15, 0.2) is 28.5 Å². The van der Waals surface area contributed by atoms with Gasteiger partial charge in [-0.25, -0.2) is 9.78 Å². The number of aryl methyl sites for hydroxylation is 1. The summed E-state index contributed by atoms with van der Waals surface area (Å²) in [6.07, 6.45) is 2.66. The van der Waals surface area contributed by atoms with Gasteiger partial charge in [0.25, 0.3) is 0 Å². The number of hydrogen-bond donors (Lipinski definition) is 2. The molecule has 106 valence electrons. The third kappa shape index (κ3) is 3.52. The fourth-order valence-corrected chi connectivity index (χ4v) is 3.18. The smallest absolute Gasteiger partial charge is 0.338 e. The summed E-state index contributed by atoms with van der Waals surface area (Å²) >= 11 is 3.07. The Labute approximate surface area is 126 Å². The summed E-state index contributed by atoms with van der Waals surface area (Å²) in [6, 6.07) is 5.49. The van der Waals surface area contributed by atoms with Crippen LogP contribution in [-0.4, -0.2) is 28.9 Å². The quantitative estimate of drug-likeness (QED) is 0.799. The SMILES string of the molecule is CSc1cccc(NCCc2csc(C)n2)c1C(=O)O. The molecule has 0 unspecified atom stereocenters. The molecule has 1 aromatic carbocycles. The summed E-state index contributed by atoms with van der Waals surface area (Å²) in [4.78, 5) is 16.5. The molecule has 0 aliphatic rings. The lowest BCUT2D eigenvalue weighted by Crippen LogP contribution is -2.10. The molecular weight excluding hydrogens is 292 g/mol. The summed E-state index contributed by atoms with van der Waals surface area (Å²) in [5, 5.41) is 15.6. The number of carboxylic acids is 1. The first-order valence-corrected chi connectivity index (χ1v) is 8.27. The molecule has 2 aromatic rings. The van der Waals surface area contributed by atoms with Gasteiger partial charge < -0.3 is 10.4 Å². The zero-order chi connectivity index (χ0) is 14.5. The monoisotopic (exact) mass is 308 g/mol. The van der Waals surface area contributed by atoms with Gasteiger partial charge in [-0.3, -0.25) is 0 Å². The number of nitrogens with one attached hydrogen (secondary N) is 1. The first-order chi connectivity index (χ1) is 9.61. The van der Waals surface area contributed by atoms with E-state index in [-0.39, 0.29) is 0 Å². The van der Waals surface area contributed by atoms with Crippen molar-refractivity contribution in [2.24, 2.45) is 0 Å². The fourth-order valence-electron chi connectivity index (χ4n) is 1.92. The standard InChI is InChI=1S/C14H16N2O2S2/c1-9-16-10(8-20-9)6-7-15-11-4-3-5-12(19-2)13(11)14(17)18/h3-5,8,15H,6-7H2,1-2H3,(H,17,18). The van der Waals surface area contributed by atoms with Crippen molar-refractivity contribution in [3.63, 3.8) is 0 Å². The normalized spacial score (nSPS) is 10.5. The van der Waals surface area contributed by atoms with Crippen LogP contribution in [0.5, 0.6) is 0 Å². The second kappa shape index (κ2) is 6.76. The van der Waals surface area contributed by atoms with Crippen molar-refractivity contribution in [1.82, 2.24) is 4.98 Å². The number of nitrogens with zero attached hydrogens (tertiary/aromatic N) is 1. The molecule has 0 atom stereocenters. The van der Waals surface area contributed by atoms with Gasteiger partial charge in [-0.05, 0) is 25.3 Å². The molecule has 0 spiro atoms. The first-order valence-electron chi connectivity index (χ1n) is 6.17. The Morgan fingerprint density at radius 1 is 1.50 bits per heavy atom. The van der Waals surface area contributed by atoms with Crippen molar-refractivity contribution in [3.8, 4) is 0 Å². The van der Waals surface area contributed by atoms with Crippen molar-refractivity contribution in [1.29, 1.82) is 0 Å². The molecule has 0 saturated heterocycles. The van der Waals surface area contributed by atoms with Gasteiger partial charge in [-0.2, -0.15) is 0 Å². The van der Waals surface area contributed by atoms with Gasteiger partial charge in [-0.15, -0.1) is 23.1 Å².